The molecule has 4 nitrogen and oxygen atoms in total. The van der Waals surface area contributed by atoms with Gasteiger partial charge in [0.15, 0.2) is 0 Å². The maximum absolute atomic E-state index is 12.0. The summed E-state index contributed by atoms with van der Waals surface area (Å²) in [5.41, 5.74) is 1.28. The van der Waals surface area contributed by atoms with Crippen LogP contribution in [0.2, 0.25) is 0 Å². The van der Waals surface area contributed by atoms with Crippen LogP contribution in [0.5, 0.6) is 5.75 Å². The summed E-state index contributed by atoms with van der Waals surface area (Å²) in [5.74, 6) is 0.643. The molecule has 0 aliphatic carbocycles. The first-order valence-corrected chi connectivity index (χ1v) is 7.24. The summed E-state index contributed by atoms with van der Waals surface area (Å²) in [7, 11) is 0. The summed E-state index contributed by atoms with van der Waals surface area (Å²) in [5, 5.41) is 2.80. The Kier molecular flexibility index (Phi) is 5.76. The van der Waals surface area contributed by atoms with Crippen LogP contribution < -0.4 is 10.1 Å². The second kappa shape index (κ2) is 8.04. The lowest BCUT2D eigenvalue weighted by Gasteiger charge is -2.07. The van der Waals surface area contributed by atoms with E-state index in [-0.39, 0.29) is 5.91 Å². The highest BCUT2D eigenvalue weighted by Gasteiger charge is 2.06. The Morgan fingerprint density at radius 1 is 1.19 bits per heavy atom. The lowest BCUT2D eigenvalue weighted by Crippen LogP contribution is -2.11. The molecule has 0 spiro atoms. The number of rotatable bonds is 7. The van der Waals surface area contributed by atoms with Gasteiger partial charge in [0.25, 0.3) is 5.91 Å². The molecule has 0 fully saturated rings. The van der Waals surface area contributed by atoms with E-state index in [1.54, 1.807) is 36.7 Å². The van der Waals surface area contributed by atoms with Gasteiger partial charge in [-0.3, -0.25) is 9.78 Å². The van der Waals surface area contributed by atoms with Crippen molar-refractivity contribution in [1.82, 2.24) is 4.98 Å². The van der Waals surface area contributed by atoms with Gasteiger partial charge in [-0.2, -0.15) is 0 Å². The average Bonchev–Trinajstić information content (AvgIpc) is 2.53. The van der Waals surface area contributed by atoms with E-state index >= 15 is 0 Å². The van der Waals surface area contributed by atoms with Crippen LogP contribution in [0.15, 0.2) is 48.8 Å². The predicted octanol–water partition coefficient (Wildman–Crippen LogP) is 3.90. The Hall–Kier alpha value is -2.36. The van der Waals surface area contributed by atoms with E-state index in [9.17, 15) is 4.79 Å². The Labute approximate surface area is 125 Å². The molecule has 1 aromatic heterocycles. The molecule has 4 heteroatoms. The molecule has 21 heavy (non-hydrogen) atoms. The van der Waals surface area contributed by atoms with Crippen LogP contribution in [-0.4, -0.2) is 17.5 Å². The molecule has 0 aliphatic heterocycles. The van der Waals surface area contributed by atoms with Crippen LogP contribution in [0.3, 0.4) is 0 Å². The molecule has 0 saturated carbocycles. The smallest absolute Gasteiger partial charge is 0.255 e. The summed E-state index contributed by atoms with van der Waals surface area (Å²) in [4.78, 5) is 16.0. The van der Waals surface area contributed by atoms with Gasteiger partial charge in [0.05, 0.1) is 18.5 Å². The lowest BCUT2D eigenvalue weighted by atomic mass is 10.2. The van der Waals surface area contributed by atoms with Crippen molar-refractivity contribution < 1.29 is 9.53 Å². The topological polar surface area (TPSA) is 51.2 Å². The second-order valence-corrected chi connectivity index (χ2v) is 4.78. The van der Waals surface area contributed by atoms with E-state index in [0.717, 1.165) is 18.8 Å². The Morgan fingerprint density at radius 2 is 2.00 bits per heavy atom. The molecule has 0 saturated heterocycles. The van der Waals surface area contributed by atoms with Crippen molar-refractivity contribution in [1.29, 1.82) is 0 Å². The van der Waals surface area contributed by atoms with E-state index in [4.69, 9.17) is 4.74 Å². The molecular weight excluding hydrogens is 264 g/mol. The van der Waals surface area contributed by atoms with Gasteiger partial charge in [0.1, 0.15) is 5.75 Å². The summed E-state index contributed by atoms with van der Waals surface area (Å²) in [6, 6.07) is 10.8. The number of pyridine rings is 1. The number of nitrogens with one attached hydrogen (secondary N) is 1. The number of nitrogens with zero attached hydrogens (tertiary/aromatic N) is 1. The average molecular weight is 284 g/mol. The third kappa shape index (κ3) is 4.91. The highest BCUT2D eigenvalue weighted by molar-refractivity contribution is 6.04. The molecule has 0 bridgehead atoms. The molecule has 2 aromatic rings. The molecule has 0 aliphatic rings. The van der Waals surface area contributed by atoms with E-state index in [0.29, 0.717) is 11.3 Å². The first kappa shape index (κ1) is 15.0. The van der Waals surface area contributed by atoms with Gasteiger partial charge in [0, 0.05) is 11.8 Å². The van der Waals surface area contributed by atoms with Crippen LogP contribution in [0.4, 0.5) is 5.69 Å². The van der Waals surface area contributed by atoms with Crippen molar-refractivity contribution in [2.75, 3.05) is 11.9 Å². The molecule has 1 amide bonds. The Morgan fingerprint density at radius 3 is 2.67 bits per heavy atom. The number of anilines is 1. The largest absolute Gasteiger partial charge is 0.494 e. The minimum absolute atomic E-state index is 0.152. The summed E-state index contributed by atoms with van der Waals surface area (Å²) < 4.78 is 5.62. The first-order chi connectivity index (χ1) is 10.3. The second-order valence-electron chi connectivity index (χ2n) is 4.78. The lowest BCUT2D eigenvalue weighted by molar-refractivity contribution is 0.102. The van der Waals surface area contributed by atoms with Crippen molar-refractivity contribution in [3.63, 3.8) is 0 Å². The van der Waals surface area contributed by atoms with Crippen molar-refractivity contribution >= 4 is 11.6 Å². The van der Waals surface area contributed by atoms with Gasteiger partial charge in [-0.25, -0.2) is 0 Å². The minimum atomic E-state index is -0.152. The van der Waals surface area contributed by atoms with E-state index in [1.807, 2.05) is 12.1 Å². The molecule has 110 valence electrons. The summed E-state index contributed by atoms with van der Waals surface area (Å²) in [6.45, 7) is 2.88. The van der Waals surface area contributed by atoms with Crippen molar-refractivity contribution in [2.45, 2.75) is 26.2 Å². The van der Waals surface area contributed by atoms with E-state index < -0.39 is 0 Å². The zero-order valence-electron chi connectivity index (χ0n) is 12.2. The monoisotopic (exact) mass is 284 g/mol. The van der Waals surface area contributed by atoms with E-state index in [1.165, 1.54) is 12.8 Å². The van der Waals surface area contributed by atoms with Gasteiger partial charge in [0.2, 0.25) is 0 Å². The highest BCUT2D eigenvalue weighted by atomic mass is 16.5. The van der Waals surface area contributed by atoms with Gasteiger partial charge in [-0.05, 0) is 42.8 Å². The van der Waals surface area contributed by atoms with Crippen LogP contribution in [0.25, 0.3) is 0 Å². The third-order valence-electron chi connectivity index (χ3n) is 3.05. The Balaban J connectivity index is 1.88. The number of aromatic nitrogens is 1. The molecule has 1 aromatic carbocycles. The summed E-state index contributed by atoms with van der Waals surface area (Å²) in [6.07, 6.45) is 6.69. The quantitative estimate of drug-likeness (QED) is 0.784. The van der Waals surface area contributed by atoms with Gasteiger partial charge in [-0.1, -0.05) is 19.8 Å². The zero-order valence-corrected chi connectivity index (χ0v) is 12.2. The number of unbranched alkanes of at least 4 members (excludes halogenated alkanes) is 2. The number of amides is 1. The fraction of sp³-hybridized carbons (Fsp3) is 0.294. The van der Waals surface area contributed by atoms with Crippen LogP contribution >= 0.6 is 0 Å². The maximum atomic E-state index is 12.0. The standard InChI is InChI=1S/C17H20N2O2/c1-2-3-4-12-21-16-9-7-14(8-10-16)17(20)19-15-6-5-11-18-13-15/h5-11,13H,2-4,12H2,1H3,(H,19,20). The number of carbonyl (C=O) groups is 1. The Bertz CT molecular complexity index is 553. The van der Waals surface area contributed by atoms with Crippen LogP contribution in [0, 0.1) is 0 Å². The first-order valence-electron chi connectivity index (χ1n) is 7.24. The molecule has 1 heterocycles. The van der Waals surface area contributed by atoms with Gasteiger partial charge in [-0.15, -0.1) is 0 Å². The van der Waals surface area contributed by atoms with Crippen molar-refractivity contribution in [2.24, 2.45) is 0 Å². The molecule has 1 N–H and O–H groups in total. The van der Waals surface area contributed by atoms with Crippen molar-refractivity contribution in [3.05, 3.63) is 54.4 Å². The molecule has 0 unspecified atom stereocenters. The fourth-order valence-electron chi connectivity index (χ4n) is 1.88. The highest BCUT2D eigenvalue weighted by Crippen LogP contribution is 2.14. The number of hydrogen-bond acceptors (Lipinski definition) is 3. The molecular formula is C17H20N2O2. The minimum Gasteiger partial charge on any atom is -0.494 e. The van der Waals surface area contributed by atoms with E-state index in [2.05, 4.69) is 17.2 Å². The predicted molar refractivity (Wildman–Crippen MR) is 83.7 cm³/mol. The number of ether oxygens (including phenoxy) is 1. The van der Waals surface area contributed by atoms with Gasteiger partial charge >= 0.3 is 0 Å². The number of carbonyl (C=O) groups excluding carboxylic acids is 1. The van der Waals surface area contributed by atoms with Crippen molar-refractivity contribution in [3.8, 4) is 5.75 Å². The molecule has 0 atom stereocenters. The van der Waals surface area contributed by atoms with Crippen LogP contribution in [-0.2, 0) is 0 Å². The number of benzene rings is 1. The SMILES string of the molecule is CCCCCOc1ccc(C(=O)Nc2cccnc2)cc1. The zero-order chi connectivity index (χ0) is 14.9. The normalized spacial score (nSPS) is 10.1. The third-order valence-corrected chi connectivity index (χ3v) is 3.05. The molecule has 2 rings (SSSR count). The summed E-state index contributed by atoms with van der Waals surface area (Å²) >= 11 is 0. The maximum Gasteiger partial charge on any atom is 0.255 e. The molecule has 0 radical (unpaired) electrons. The fourth-order valence-corrected chi connectivity index (χ4v) is 1.88. The van der Waals surface area contributed by atoms with Gasteiger partial charge < -0.3 is 10.1 Å². The number of hydrogen-bond donors (Lipinski definition) is 1. The van der Waals surface area contributed by atoms with Crippen LogP contribution in [0.1, 0.15) is 36.5 Å².